The molecule has 1 N–H and O–H groups in total. The van der Waals surface area contributed by atoms with Crippen LogP contribution < -0.4 is 4.90 Å². The maximum Gasteiger partial charge on any atom is 0.294 e. The Kier molecular flexibility index (Phi) is 6.31. The third-order valence-electron chi connectivity index (χ3n) is 5.02. The van der Waals surface area contributed by atoms with Crippen LogP contribution in [-0.4, -0.2) is 24.5 Å². The van der Waals surface area contributed by atoms with Crippen LogP contribution in [0.5, 0.6) is 0 Å². The summed E-state index contributed by atoms with van der Waals surface area (Å²) in [5, 5.41) is 9.30. The maximum absolute atomic E-state index is 11.4. The highest BCUT2D eigenvalue weighted by molar-refractivity contribution is 7.85. The number of hydrogen-bond donors (Lipinski definition) is 1. The number of para-hydroxylation sites is 1. The minimum Gasteiger partial charge on any atom is -0.367 e. The maximum atomic E-state index is 11.4. The van der Waals surface area contributed by atoms with Crippen molar-refractivity contribution in [2.24, 2.45) is 10.2 Å². The Bertz CT molecular complexity index is 1360. The number of azo groups is 1. The van der Waals surface area contributed by atoms with Crippen LogP contribution in [0, 0.1) is 6.92 Å². The fraction of sp³-hybridized carbons (Fsp3) is 0.174. The van der Waals surface area contributed by atoms with E-state index in [0.29, 0.717) is 11.7 Å². The standard InChI is InChI=1S/C23H22N4O3S2/c1-3-27(15-17-7-6-8-19(14-17)32(28,29)30)18-11-12-20(16(2)13-18)25-26-23-24-21-9-4-5-10-22(21)31-23/h4-14H,3,15H2,1-2H3,(H,28,29,30). The lowest BCUT2D eigenvalue weighted by Crippen LogP contribution is -2.22. The van der Waals surface area contributed by atoms with Gasteiger partial charge in [0.1, 0.15) is 0 Å². The molecule has 3 aromatic carbocycles. The average molecular weight is 467 g/mol. The summed E-state index contributed by atoms with van der Waals surface area (Å²) in [5.74, 6) is 0. The number of benzene rings is 3. The second-order valence-corrected chi connectivity index (χ2v) is 9.70. The van der Waals surface area contributed by atoms with Crippen LogP contribution in [-0.2, 0) is 16.7 Å². The fourth-order valence-corrected chi connectivity index (χ4v) is 4.70. The van der Waals surface area contributed by atoms with Crippen molar-refractivity contribution in [1.82, 2.24) is 4.98 Å². The van der Waals surface area contributed by atoms with Gasteiger partial charge >= 0.3 is 0 Å². The first-order valence-corrected chi connectivity index (χ1v) is 12.3. The van der Waals surface area contributed by atoms with E-state index >= 15 is 0 Å². The van der Waals surface area contributed by atoms with Crippen molar-refractivity contribution in [3.63, 3.8) is 0 Å². The van der Waals surface area contributed by atoms with E-state index in [9.17, 15) is 13.0 Å². The van der Waals surface area contributed by atoms with E-state index in [-0.39, 0.29) is 4.90 Å². The molecule has 7 nitrogen and oxygen atoms in total. The van der Waals surface area contributed by atoms with Crippen molar-refractivity contribution in [2.45, 2.75) is 25.3 Å². The molecule has 0 bridgehead atoms. The zero-order valence-electron chi connectivity index (χ0n) is 17.6. The minimum absolute atomic E-state index is 0.104. The van der Waals surface area contributed by atoms with Gasteiger partial charge in [-0.2, -0.15) is 8.42 Å². The highest BCUT2D eigenvalue weighted by Crippen LogP contribution is 2.31. The molecule has 0 aliphatic rings. The zero-order chi connectivity index (χ0) is 22.7. The fourth-order valence-electron chi connectivity index (χ4n) is 3.36. The van der Waals surface area contributed by atoms with E-state index in [1.807, 2.05) is 62.4 Å². The van der Waals surface area contributed by atoms with E-state index in [2.05, 4.69) is 20.1 Å². The van der Waals surface area contributed by atoms with Crippen LogP contribution in [0.15, 0.2) is 81.9 Å². The number of thiazole rings is 1. The average Bonchev–Trinajstić information content (AvgIpc) is 3.19. The Morgan fingerprint density at radius 1 is 1.03 bits per heavy atom. The molecule has 1 aromatic heterocycles. The monoisotopic (exact) mass is 466 g/mol. The van der Waals surface area contributed by atoms with Crippen molar-refractivity contribution < 1.29 is 13.0 Å². The van der Waals surface area contributed by atoms with Crippen LogP contribution in [0.2, 0.25) is 0 Å². The SMILES string of the molecule is CCN(Cc1cccc(S(=O)(=O)O)c1)c1ccc(N=Nc2nc3ccccc3s2)c(C)c1. The van der Waals surface area contributed by atoms with Crippen molar-refractivity contribution in [3.05, 3.63) is 77.9 Å². The first-order valence-electron chi connectivity index (χ1n) is 10.0. The summed E-state index contributed by atoms with van der Waals surface area (Å²) >= 11 is 1.50. The molecular formula is C23H22N4O3S2. The van der Waals surface area contributed by atoms with Crippen LogP contribution in [0.25, 0.3) is 10.2 Å². The number of fused-ring (bicyclic) bond motifs is 1. The summed E-state index contributed by atoms with van der Waals surface area (Å²) in [7, 11) is -4.23. The largest absolute Gasteiger partial charge is 0.367 e. The molecule has 0 radical (unpaired) electrons. The van der Waals surface area contributed by atoms with Crippen LogP contribution in [0.1, 0.15) is 18.1 Å². The number of anilines is 1. The lowest BCUT2D eigenvalue weighted by Gasteiger charge is -2.24. The van der Waals surface area contributed by atoms with E-state index in [1.54, 1.807) is 6.07 Å². The van der Waals surface area contributed by atoms with Gasteiger partial charge in [0.05, 0.1) is 20.8 Å². The third kappa shape index (κ3) is 5.01. The Morgan fingerprint density at radius 3 is 2.56 bits per heavy atom. The Balaban J connectivity index is 1.53. The summed E-state index contributed by atoms with van der Waals surface area (Å²) in [5.41, 5.74) is 4.42. The van der Waals surface area contributed by atoms with Gasteiger partial charge in [0.2, 0.25) is 5.13 Å². The molecule has 4 aromatic rings. The quantitative estimate of drug-likeness (QED) is 0.255. The smallest absolute Gasteiger partial charge is 0.294 e. The van der Waals surface area contributed by atoms with E-state index < -0.39 is 10.1 Å². The van der Waals surface area contributed by atoms with Gasteiger partial charge in [-0.3, -0.25) is 4.55 Å². The molecule has 0 saturated heterocycles. The van der Waals surface area contributed by atoms with Gasteiger partial charge in [-0.15, -0.1) is 10.2 Å². The molecule has 0 fully saturated rings. The highest BCUT2D eigenvalue weighted by Gasteiger charge is 2.12. The summed E-state index contributed by atoms with van der Waals surface area (Å²) < 4.78 is 33.2. The van der Waals surface area contributed by atoms with E-state index in [4.69, 9.17) is 0 Å². The topological polar surface area (TPSA) is 95.2 Å². The number of aryl methyl sites for hydroxylation is 1. The number of aromatic nitrogens is 1. The van der Waals surface area contributed by atoms with Crippen molar-refractivity contribution in [2.75, 3.05) is 11.4 Å². The molecule has 1 heterocycles. The number of rotatable bonds is 7. The van der Waals surface area contributed by atoms with Crippen molar-refractivity contribution in [3.8, 4) is 0 Å². The zero-order valence-corrected chi connectivity index (χ0v) is 19.3. The Morgan fingerprint density at radius 2 is 1.84 bits per heavy atom. The second kappa shape index (κ2) is 9.15. The predicted octanol–water partition coefficient (Wildman–Crippen LogP) is 6.29. The van der Waals surface area contributed by atoms with Crippen LogP contribution in [0.3, 0.4) is 0 Å². The number of hydrogen-bond acceptors (Lipinski definition) is 7. The van der Waals surface area contributed by atoms with Gasteiger partial charge in [-0.05, 0) is 67.4 Å². The molecule has 0 aliphatic heterocycles. The predicted molar refractivity (Wildman–Crippen MR) is 128 cm³/mol. The lowest BCUT2D eigenvalue weighted by molar-refractivity contribution is 0.483. The molecule has 0 unspecified atom stereocenters. The van der Waals surface area contributed by atoms with E-state index in [1.165, 1.54) is 23.5 Å². The highest BCUT2D eigenvalue weighted by atomic mass is 32.2. The van der Waals surface area contributed by atoms with Gasteiger partial charge in [0, 0.05) is 18.8 Å². The molecule has 9 heteroatoms. The molecule has 0 spiro atoms. The molecule has 164 valence electrons. The molecule has 0 atom stereocenters. The van der Waals surface area contributed by atoms with E-state index in [0.717, 1.165) is 39.3 Å². The van der Waals surface area contributed by atoms with Crippen molar-refractivity contribution >= 4 is 48.2 Å². The Hall–Kier alpha value is -3.14. The van der Waals surface area contributed by atoms with Gasteiger partial charge in [0.25, 0.3) is 10.1 Å². The van der Waals surface area contributed by atoms with Gasteiger partial charge in [-0.25, -0.2) is 4.98 Å². The van der Waals surface area contributed by atoms with Gasteiger partial charge in [-0.1, -0.05) is 35.6 Å². The first kappa shape index (κ1) is 22.1. The molecule has 0 amide bonds. The normalized spacial score (nSPS) is 12.0. The van der Waals surface area contributed by atoms with Gasteiger partial charge < -0.3 is 4.90 Å². The molecule has 0 aliphatic carbocycles. The Labute approximate surface area is 190 Å². The summed E-state index contributed by atoms with van der Waals surface area (Å²) in [4.78, 5) is 6.49. The van der Waals surface area contributed by atoms with Gasteiger partial charge in [0.15, 0.2) is 0 Å². The molecule has 0 saturated carbocycles. The minimum atomic E-state index is -4.23. The summed E-state index contributed by atoms with van der Waals surface area (Å²) in [6.07, 6.45) is 0. The first-order chi connectivity index (χ1) is 15.3. The molecule has 4 rings (SSSR count). The molecular weight excluding hydrogens is 444 g/mol. The lowest BCUT2D eigenvalue weighted by atomic mass is 10.1. The third-order valence-corrected chi connectivity index (χ3v) is 6.79. The molecule has 32 heavy (non-hydrogen) atoms. The van der Waals surface area contributed by atoms with Crippen molar-refractivity contribution in [1.29, 1.82) is 0 Å². The summed E-state index contributed by atoms with van der Waals surface area (Å²) in [6, 6.07) is 20.1. The summed E-state index contributed by atoms with van der Waals surface area (Å²) in [6.45, 7) is 5.24. The number of nitrogens with zero attached hydrogens (tertiary/aromatic N) is 4. The van der Waals surface area contributed by atoms with Crippen LogP contribution >= 0.6 is 11.3 Å². The second-order valence-electron chi connectivity index (χ2n) is 7.27. The van der Waals surface area contributed by atoms with Crippen LogP contribution in [0.4, 0.5) is 16.5 Å².